The molecule has 1 atom stereocenters. The van der Waals surface area contributed by atoms with Crippen LogP contribution in [0.15, 0.2) is 23.7 Å². The highest BCUT2D eigenvalue weighted by Gasteiger charge is 2.37. The molecule has 3 aliphatic heterocycles. The largest absolute Gasteiger partial charge is 0.364 e. The summed E-state index contributed by atoms with van der Waals surface area (Å²) in [6.07, 6.45) is 5.24. The lowest BCUT2D eigenvalue weighted by atomic mass is 9.74. The smallest absolute Gasteiger partial charge is 0.269 e. The number of rotatable bonds is 5. The monoisotopic (exact) mass is 395 g/mol. The first-order valence-electron chi connectivity index (χ1n) is 10.1. The van der Waals surface area contributed by atoms with Crippen LogP contribution in [0, 0.1) is 5.92 Å². The molecule has 0 aliphatic carbocycles. The molecule has 5 heterocycles. The number of nitrogens with zero attached hydrogens (tertiary/aromatic N) is 4. The molecule has 0 spiro atoms. The van der Waals surface area contributed by atoms with Crippen LogP contribution in [0.1, 0.15) is 48.2 Å². The van der Waals surface area contributed by atoms with Crippen molar-refractivity contribution in [2.45, 2.75) is 38.6 Å². The van der Waals surface area contributed by atoms with E-state index >= 15 is 0 Å². The molecule has 0 saturated carbocycles. The normalized spacial score (nSPS) is 24.1. The molecular formula is C21H25N5OS. The number of thiazole rings is 1. The lowest BCUT2D eigenvalue weighted by Gasteiger charge is -2.45. The van der Waals surface area contributed by atoms with E-state index in [4.69, 9.17) is 5.73 Å². The van der Waals surface area contributed by atoms with Gasteiger partial charge in [0.25, 0.3) is 5.91 Å². The van der Waals surface area contributed by atoms with Gasteiger partial charge in [-0.3, -0.25) is 9.48 Å². The Morgan fingerprint density at radius 3 is 2.75 bits per heavy atom. The molecule has 3 saturated heterocycles. The van der Waals surface area contributed by atoms with Crippen molar-refractivity contribution in [1.29, 1.82) is 0 Å². The Balaban J connectivity index is 1.77. The molecule has 1 unspecified atom stereocenters. The second kappa shape index (κ2) is 6.97. The number of nitrogens with two attached hydrogens (primary N) is 1. The van der Waals surface area contributed by atoms with Crippen molar-refractivity contribution < 1.29 is 4.79 Å². The Kier molecular flexibility index (Phi) is 4.44. The number of carbonyl (C=O) groups excluding carboxylic acids is 1. The summed E-state index contributed by atoms with van der Waals surface area (Å²) in [5.41, 5.74) is 9.53. The van der Waals surface area contributed by atoms with Gasteiger partial charge in [-0.1, -0.05) is 6.92 Å². The highest BCUT2D eigenvalue weighted by Crippen LogP contribution is 2.43. The molecule has 28 heavy (non-hydrogen) atoms. The fourth-order valence-electron chi connectivity index (χ4n) is 4.99. The van der Waals surface area contributed by atoms with Crippen molar-refractivity contribution >= 4 is 28.1 Å². The molecule has 1 aromatic carbocycles. The summed E-state index contributed by atoms with van der Waals surface area (Å²) in [6, 6.07) is 4.38. The SMILES string of the molecule is CCCn1nc(C(N)=O)c2c(C3CN4CCC3CC4)cc(-c3nccs3)cc21. The quantitative estimate of drug-likeness (QED) is 0.717. The van der Waals surface area contributed by atoms with Crippen molar-refractivity contribution in [3.63, 3.8) is 0 Å². The second-order valence-corrected chi connectivity index (χ2v) is 8.87. The van der Waals surface area contributed by atoms with Crippen LogP contribution in [0.5, 0.6) is 0 Å². The third-order valence-corrected chi connectivity index (χ3v) is 7.11. The zero-order valence-electron chi connectivity index (χ0n) is 16.1. The van der Waals surface area contributed by atoms with E-state index in [1.807, 2.05) is 16.3 Å². The maximum Gasteiger partial charge on any atom is 0.269 e. The summed E-state index contributed by atoms with van der Waals surface area (Å²) >= 11 is 1.64. The van der Waals surface area contributed by atoms with Gasteiger partial charge in [0.1, 0.15) is 5.01 Å². The van der Waals surface area contributed by atoms with Gasteiger partial charge in [0, 0.05) is 41.5 Å². The first-order valence-corrected chi connectivity index (χ1v) is 11.0. The third-order valence-electron chi connectivity index (χ3n) is 6.29. The van der Waals surface area contributed by atoms with Crippen molar-refractivity contribution in [3.05, 3.63) is 35.0 Å². The van der Waals surface area contributed by atoms with E-state index < -0.39 is 5.91 Å². The Labute approximate surface area is 168 Å². The summed E-state index contributed by atoms with van der Waals surface area (Å²) in [7, 11) is 0. The van der Waals surface area contributed by atoms with Crippen LogP contribution in [-0.4, -0.2) is 45.2 Å². The Morgan fingerprint density at radius 1 is 1.32 bits per heavy atom. The van der Waals surface area contributed by atoms with Crippen molar-refractivity contribution in [2.24, 2.45) is 11.7 Å². The number of hydrogen-bond acceptors (Lipinski definition) is 5. The molecule has 7 heteroatoms. The highest BCUT2D eigenvalue weighted by molar-refractivity contribution is 7.13. The molecule has 146 valence electrons. The Morgan fingerprint density at radius 2 is 2.14 bits per heavy atom. The van der Waals surface area contributed by atoms with Crippen LogP contribution in [0.2, 0.25) is 0 Å². The topological polar surface area (TPSA) is 77.0 Å². The molecule has 3 aliphatic rings. The zero-order chi connectivity index (χ0) is 19.3. The minimum atomic E-state index is -0.440. The van der Waals surface area contributed by atoms with Gasteiger partial charge >= 0.3 is 0 Å². The van der Waals surface area contributed by atoms with Gasteiger partial charge in [0.15, 0.2) is 5.69 Å². The average Bonchev–Trinajstić information content (AvgIpc) is 3.37. The number of benzene rings is 1. The molecule has 0 radical (unpaired) electrons. The molecule has 1 amide bonds. The second-order valence-electron chi connectivity index (χ2n) is 7.98. The first kappa shape index (κ1) is 17.8. The number of amides is 1. The van der Waals surface area contributed by atoms with Gasteiger partial charge in [-0.05, 0) is 56.0 Å². The summed E-state index contributed by atoms with van der Waals surface area (Å²) in [6.45, 7) is 6.32. The van der Waals surface area contributed by atoms with Gasteiger partial charge in [0.05, 0.1) is 5.52 Å². The number of aryl methyl sites for hydroxylation is 1. The van der Waals surface area contributed by atoms with Crippen LogP contribution in [0.25, 0.3) is 21.5 Å². The zero-order valence-corrected chi connectivity index (χ0v) is 16.9. The van der Waals surface area contributed by atoms with Crippen molar-refractivity contribution in [2.75, 3.05) is 19.6 Å². The van der Waals surface area contributed by atoms with Gasteiger partial charge in [-0.25, -0.2) is 4.98 Å². The van der Waals surface area contributed by atoms with Gasteiger partial charge in [-0.2, -0.15) is 5.10 Å². The lowest BCUT2D eigenvalue weighted by molar-refractivity contribution is 0.0876. The van der Waals surface area contributed by atoms with Crippen LogP contribution in [0.4, 0.5) is 0 Å². The molecule has 2 N–H and O–H groups in total. The minimum Gasteiger partial charge on any atom is -0.364 e. The molecule has 3 fully saturated rings. The van der Waals surface area contributed by atoms with E-state index in [-0.39, 0.29) is 0 Å². The molecule has 2 aromatic heterocycles. The average molecular weight is 396 g/mol. The van der Waals surface area contributed by atoms with Crippen LogP contribution < -0.4 is 5.73 Å². The Bertz CT molecular complexity index is 1020. The summed E-state index contributed by atoms with van der Waals surface area (Å²) in [5.74, 6) is 0.640. The molecule has 3 aromatic rings. The number of hydrogen-bond donors (Lipinski definition) is 1. The van der Waals surface area contributed by atoms with E-state index in [0.717, 1.165) is 41.0 Å². The van der Waals surface area contributed by atoms with E-state index in [0.29, 0.717) is 17.5 Å². The third kappa shape index (κ3) is 2.84. The fourth-order valence-corrected chi connectivity index (χ4v) is 5.62. The van der Waals surface area contributed by atoms with Gasteiger partial charge < -0.3 is 10.6 Å². The predicted molar refractivity (Wildman–Crippen MR) is 112 cm³/mol. The number of piperidine rings is 3. The fraction of sp³-hybridized carbons (Fsp3) is 0.476. The number of fused-ring (bicyclic) bond motifs is 4. The van der Waals surface area contributed by atoms with E-state index in [2.05, 4.69) is 34.0 Å². The number of aromatic nitrogens is 3. The minimum absolute atomic E-state index is 0.417. The van der Waals surface area contributed by atoms with Crippen molar-refractivity contribution in [3.8, 4) is 10.6 Å². The van der Waals surface area contributed by atoms with E-state index in [9.17, 15) is 4.79 Å². The number of primary amides is 1. The van der Waals surface area contributed by atoms with E-state index in [1.165, 1.54) is 31.5 Å². The summed E-state index contributed by atoms with van der Waals surface area (Å²) < 4.78 is 1.96. The van der Waals surface area contributed by atoms with E-state index in [1.54, 1.807) is 11.3 Å². The predicted octanol–water partition coefficient (Wildman–Crippen LogP) is 3.48. The summed E-state index contributed by atoms with van der Waals surface area (Å²) in [4.78, 5) is 19.3. The standard InChI is InChI=1S/C21H25N5OS/c1-2-6-26-17-11-14(21-23-5-9-28-21)10-15(18(17)19(24-26)20(22)27)16-12-25-7-3-13(16)4-8-25/h5,9-11,13,16H,2-4,6-8,12H2,1H3,(H2,22,27). The van der Waals surface area contributed by atoms with Crippen molar-refractivity contribution in [1.82, 2.24) is 19.7 Å². The van der Waals surface area contributed by atoms with Gasteiger partial charge in [-0.15, -0.1) is 11.3 Å². The lowest BCUT2D eigenvalue weighted by Crippen LogP contribution is -2.46. The highest BCUT2D eigenvalue weighted by atomic mass is 32.1. The molecule has 6 nitrogen and oxygen atoms in total. The first-order chi connectivity index (χ1) is 13.7. The van der Waals surface area contributed by atoms with Crippen LogP contribution in [0.3, 0.4) is 0 Å². The maximum absolute atomic E-state index is 12.3. The Hall–Kier alpha value is -2.25. The van der Waals surface area contributed by atoms with Crippen LogP contribution >= 0.6 is 11.3 Å². The summed E-state index contributed by atoms with van der Waals surface area (Å²) in [5, 5.41) is 8.60. The van der Waals surface area contributed by atoms with Gasteiger partial charge in [0.2, 0.25) is 0 Å². The number of carbonyl (C=O) groups is 1. The van der Waals surface area contributed by atoms with Crippen LogP contribution in [-0.2, 0) is 6.54 Å². The molecule has 6 rings (SSSR count). The molecule has 2 bridgehead atoms. The molecular weight excluding hydrogens is 370 g/mol. The maximum atomic E-state index is 12.3.